The second-order valence-electron chi connectivity index (χ2n) is 5.67. The van der Waals surface area contributed by atoms with Crippen molar-refractivity contribution in [2.75, 3.05) is 4.72 Å². The van der Waals surface area contributed by atoms with Gasteiger partial charge in [0.1, 0.15) is 5.75 Å². The predicted molar refractivity (Wildman–Crippen MR) is 97.5 cm³/mol. The van der Waals surface area contributed by atoms with Gasteiger partial charge in [0, 0.05) is 6.07 Å². The molecule has 2 aromatic carbocycles. The number of sulfonamides is 1. The van der Waals surface area contributed by atoms with Gasteiger partial charge in [0.2, 0.25) is 5.88 Å². The number of aromatic nitrogens is 1. The average Bonchev–Trinajstić information content (AvgIpc) is 2.59. The molecule has 0 radical (unpaired) electrons. The molecule has 0 aliphatic carbocycles. The molecule has 1 heterocycles. The van der Waals surface area contributed by atoms with Crippen molar-refractivity contribution in [3.05, 3.63) is 78.0 Å². The lowest BCUT2D eigenvalue weighted by atomic mass is 10.2. The summed E-state index contributed by atoms with van der Waals surface area (Å²) in [6.45, 7) is 3.75. The molecule has 0 spiro atoms. The van der Waals surface area contributed by atoms with Crippen molar-refractivity contribution < 1.29 is 13.2 Å². The van der Waals surface area contributed by atoms with E-state index in [2.05, 4.69) is 9.71 Å². The Balaban J connectivity index is 1.74. The van der Waals surface area contributed by atoms with Gasteiger partial charge >= 0.3 is 0 Å². The van der Waals surface area contributed by atoms with E-state index in [-0.39, 0.29) is 4.90 Å². The zero-order chi connectivity index (χ0) is 17.9. The van der Waals surface area contributed by atoms with Crippen LogP contribution in [0.1, 0.15) is 11.1 Å². The Labute approximate surface area is 147 Å². The van der Waals surface area contributed by atoms with Gasteiger partial charge in [-0.3, -0.25) is 4.72 Å². The van der Waals surface area contributed by atoms with Crippen LogP contribution in [0.25, 0.3) is 0 Å². The summed E-state index contributed by atoms with van der Waals surface area (Å²) in [6.07, 6.45) is 1.43. The minimum absolute atomic E-state index is 0.245. The summed E-state index contributed by atoms with van der Waals surface area (Å²) >= 11 is 0. The molecular weight excluding hydrogens is 336 g/mol. The molecule has 1 aromatic heterocycles. The molecule has 0 amide bonds. The SMILES string of the molecule is Cc1ccc(Oc2ccc(NS(=O)(=O)c3ccccc3C)cn2)cc1. The zero-order valence-corrected chi connectivity index (χ0v) is 14.7. The fraction of sp³-hybridized carbons (Fsp3) is 0.105. The molecule has 128 valence electrons. The first-order valence-corrected chi connectivity index (χ1v) is 9.21. The number of benzene rings is 2. The Kier molecular flexibility index (Phi) is 4.72. The molecule has 6 heteroatoms. The van der Waals surface area contributed by atoms with Gasteiger partial charge in [-0.2, -0.15) is 0 Å². The third-order valence-corrected chi connectivity index (χ3v) is 5.16. The van der Waals surface area contributed by atoms with Crippen molar-refractivity contribution in [3.63, 3.8) is 0 Å². The molecule has 0 aliphatic rings. The summed E-state index contributed by atoms with van der Waals surface area (Å²) in [4.78, 5) is 4.39. The Morgan fingerprint density at radius 1 is 0.920 bits per heavy atom. The van der Waals surface area contributed by atoms with Crippen LogP contribution in [0.2, 0.25) is 0 Å². The summed E-state index contributed by atoms with van der Waals surface area (Å²) in [5, 5.41) is 0. The average molecular weight is 354 g/mol. The Morgan fingerprint density at radius 2 is 1.64 bits per heavy atom. The van der Waals surface area contributed by atoms with Gasteiger partial charge in [0.05, 0.1) is 16.8 Å². The van der Waals surface area contributed by atoms with E-state index in [1.165, 1.54) is 6.20 Å². The summed E-state index contributed by atoms with van der Waals surface area (Å²) in [7, 11) is -3.65. The number of rotatable bonds is 5. The van der Waals surface area contributed by atoms with E-state index >= 15 is 0 Å². The number of pyridine rings is 1. The first-order chi connectivity index (χ1) is 11.9. The van der Waals surface area contributed by atoms with Gasteiger partial charge in [-0.15, -0.1) is 0 Å². The van der Waals surface area contributed by atoms with E-state index in [0.717, 1.165) is 5.56 Å². The number of anilines is 1. The largest absolute Gasteiger partial charge is 0.439 e. The van der Waals surface area contributed by atoms with E-state index in [1.807, 2.05) is 31.2 Å². The molecule has 0 saturated carbocycles. The maximum atomic E-state index is 12.5. The van der Waals surface area contributed by atoms with E-state index < -0.39 is 10.0 Å². The van der Waals surface area contributed by atoms with Crippen LogP contribution in [0.5, 0.6) is 11.6 Å². The monoisotopic (exact) mass is 354 g/mol. The normalized spacial score (nSPS) is 11.1. The molecule has 5 nitrogen and oxygen atoms in total. The number of hydrogen-bond donors (Lipinski definition) is 1. The molecule has 0 aliphatic heterocycles. The van der Waals surface area contributed by atoms with Crippen LogP contribution in [-0.2, 0) is 10.0 Å². The molecule has 3 rings (SSSR count). The van der Waals surface area contributed by atoms with Crippen LogP contribution >= 0.6 is 0 Å². The third kappa shape index (κ3) is 4.16. The molecule has 1 N–H and O–H groups in total. The highest BCUT2D eigenvalue weighted by Crippen LogP contribution is 2.23. The minimum atomic E-state index is -3.65. The summed E-state index contributed by atoms with van der Waals surface area (Å²) in [5.74, 6) is 1.06. The van der Waals surface area contributed by atoms with Crippen molar-refractivity contribution in [2.24, 2.45) is 0 Å². The minimum Gasteiger partial charge on any atom is -0.439 e. The lowest BCUT2D eigenvalue weighted by Crippen LogP contribution is -2.14. The van der Waals surface area contributed by atoms with Gasteiger partial charge in [0.25, 0.3) is 10.0 Å². The maximum absolute atomic E-state index is 12.5. The molecule has 0 fully saturated rings. The highest BCUT2D eigenvalue weighted by molar-refractivity contribution is 7.92. The standard InChI is InChI=1S/C19H18N2O3S/c1-14-7-10-17(11-8-14)24-19-12-9-16(13-20-19)21-25(22,23)18-6-4-3-5-15(18)2/h3-13,21H,1-2H3. The van der Waals surface area contributed by atoms with Crippen molar-refractivity contribution >= 4 is 15.7 Å². The fourth-order valence-corrected chi connectivity index (χ4v) is 3.59. The topological polar surface area (TPSA) is 68.3 Å². The van der Waals surface area contributed by atoms with Crippen LogP contribution in [0, 0.1) is 13.8 Å². The second kappa shape index (κ2) is 6.94. The number of nitrogens with zero attached hydrogens (tertiary/aromatic N) is 1. The zero-order valence-electron chi connectivity index (χ0n) is 13.9. The molecular formula is C19H18N2O3S. The van der Waals surface area contributed by atoms with Crippen LogP contribution in [0.15, 0.2) is 71.8 Å². The second-order valence-corrected chi connectivity index (χ2v) is 7.32. The summed E-state index contributed by atoms with van der Waals surface area (Å²) < 4.78 is 33.1. The van der Waals surface area contributed by atoms with Crippen molar-refractivity contribution in [2.45, 2.75) is 18.7 Å². The van der Waals surface area contributed by atoms with Crippen LogP contribution in [0.3, 0.4) is 0 Å². The van der Waals surface area contributed by atoms with Crippen LogP contribution in [0.4, 0.5) is 5.69 Å². The van der Waals surface area contributed by atoms with E-state index in [1.54, 1.807) is 43.3 Å². The van der Waals surface area contributed by atoms with Crippen LogP contribution in [-0.4, -0.2) is 13.4 Å². The third-order valence-electron chi connectivity index (χ3n) is 3.62. The number of aryl methyl sites for hydroxylation is 2. The maximum Gasteiger partial charge on any atom is 0.262 e. The van der Waals surface area contributed by atoms with Gasteiger partial charge in [-0.05, 0) is 43.7 Å². The molecule has 0 atom stereocenters. The summed E-state index contributed by atoms with van der Waals surface area (Å²) in [6, 6.07) is 17.6. The Bertz CT molecular complexity index is 966. The first kappa shape index (κ1) is 17.0. The Hall–Kier alpha value is -2.86. The molecule has 0 bridgehead atoms. The van der Waals surface area contributed by atoms with E-state index in [9.17, 15) is 8.42 Å². The first-order valence-electron chi connectivity index (χ1n) is 7.73. The number of hydrogen-bond acceptors (Lipinski definition) is 4. The Morgan fingerprint density at radius 3 is 2.28 bits per heavy atom. The van der Waals surface area contributed by atoms with E-state index in [4.69, 9.17) is 4.74 Å². The van der Waals surface area contributed by atoms with E-state index in [0.29, 0.717) is 22.9 Å². The highest BCUT2D eigenvalue weighted by atomic mass is 32.2. The molecule has 0 unspecified atom stereocenters. The van der Waals surface area contributed by atoms with Gasteiger partial charge < -0.3 is 4.74 Å². The predicted octanol–water partition coefficient (Wildman–Crippen LogP) is 4.29. The van der Waals surface area contributed by atoms with Gasteiger partial charge in [-0.25, -0.2) is 13.4 Å². The molecule has 0 saturated heterocycles. The molecule has 3 aromatic rings. The van der Waals surface area contributed by atoms with Gasteiger partial charge in [-0.1, -0.05) is 35.9 Å². The lowest BCUT2D eigenvalue weighted by molar-refractivity contribution is 0.463. The lowest BCUT2D eigenvalue weighted by Gasteiger charge is -2.10. The van der Waals surface area contributed by atoms with Crippen molar-refractivity contribution in [1.82, 2.24) is 4.98 Å². The quantitative estimate of drug-likeness (QED) is 0.742. The number of nitrogens with one attached hydrogen (secondary N) is 1. The van der Waals surface area contributed by atoms with Crippen LogP contribution < -0.4 is 9.46 Å². The van der Waals surface area contributed by atoms with Gasteiger partial charge in [0.15, 0.2) is 0 Å². The van der Waals surface area contributed by atoms with Crippen molar-refractivity contribution in [1.29, 1.82) is 0 Å². The summed E-state index contributed by atoms with van der Waals surface area (Å²) in [5.41, 5.74) is 2.20. The number of ether oxygens (including phenoxy) is 1. The fourth-order valence-electron chi connectivity index (χ4n) is 2.30. The molecule has 25 heavy (non-hydrogen) atoms. The van der Waals surface area contributed by atoms with Crippen molar-refractivity contribution in [3.8, 4) is 11.6 Å². The highest BCUT2D eigenvalue weighted by Gasteiger charge is 2.16. The smallest absolute Gasteiger partial charge is 0.262 e.